The Morgan fingerprint density at radius 1 is 1.08 bits per heavy atom. The highest BCUT2D eigenvalue weighted by molar-refractivity contribution is 5.40. The number of aliphatic hydroxyl groups is 1. The van der Waals surface area contributed by atoms with Gasteiger partial charge in [0.25, 0.3) is 0 Å². The molecule has 142 valence electrons. The molecule has 0 amide bonds. The van der Waals surface area contributed by atoms with Gasteiger partial charge < -0.3 is 5.11 Å². The third-order valence-corrected chi connectivity index (χ3v) is 5.05. The smallest absolute Gasteiger partial charge is 0.0891 e. The molecule has 0 saturated heterocycles. The number of benzene rings is 1. The third kappa shape index (κ3) is 6.05. The summed E-state index contributed by atoms with van der Waals surface area (Å²) in [7, 11) is 0. The van der Waals surface area contributed by atoms with Crippen molar-refractivity contribution in [3.8, 4) is 0 Å². The molecule has 0 spiro atoms. The number of rotatable bonds is 5. The summed E-state index contributed by atoms with van der Waals surface area (Å²) in [6.07, 6.45) is 10.5. The number of hydrogen-bond acceptors (Lipinski definition) is 1. The van der Waals surface area contributed by atoms with Gasteiger partial charge in [0, 0.05) is 5.41 Å². The van der Waals surface area contributed by atoms with Crippen molar-refractivity contribution in [3.63, 3.8) is 0 Å². The second kappa shape index (κ2) is 10.2. The molecular formula is C25H36O. The van der Waals surface area contributed by atoms with Crippen molar-refractivity contribution >= 4 is 0 Å². The van der Waals surface area contributed by atoms with E-state index in [1.807, 2.05) is 19.9 Å². The van der Waals surface area contributed by atoms with Crippen molar-refractivity contribution in [2.75, 3.05) is 0 Å². The Morgan fingerprint density at radius 3 is 2.23 bits per heavy atom. The van der Waals surface area contributed by atoms with Crippen LogP contribution in [0.4, 0.5) is 0 Å². The van der Waals surface area contributed by atoms with Crippen LogP contribution in [0.3, 0.4) is 0 Å². The number of hydrogen-bond donors (Lipinski definition) is 1. The Bertz CT molecular complexity index is 680. The lowest BCUT2D eigenvalue weighted by atomic mass is 9.71. The minimum Gasteiger partial charge on any atom is -0.513 e. The van der Waals surface area contributed by atoms with Gasteiger partial charge in [-0.05, 0) is 44.2 Å². The Morgan fingerprint density at radius 2 is 1.69 bits per heavy atom. The van der Waals surface area contributed by atoms with Crippen molar-refractivity contribution < 1.29 is 5.11 Å². The summed E-state index contributed by atoms with van der Waals surface area (Å²) < 4.78 is 0. The van der Waals surface area contributed by atoms with Crippen LogP contribution < -0.4 is 0 Å². The average molecular weight is 353 g/mol. The van der Waals surface area contributed by atoms with E-state index in [2.05, 4.69) is 70.2 Å². The van der Waals surface area contributed by atoms with Gasteiger partial charge >= 0.3 is 0 Å². The minimum atomic E-state index is 0.0686. The molecule has 0 radical (unpaired) electrons. The lowest BCUT2D eigenvalue weighted by molar-refractivity contribution is 0.414. The molecular weight excluding hydrogens is 316 g/mol. The number of aliphatic hydroxyl groups excluding tert-OH is 1. The molecule has 1 aliphatic carbocycles. The van der Waals surface area contributed by atoms with Gasteiger partial charge in [-0.15, -0.1) is 0 Å². The van der Waals surface area contributed by atoms with Crippen LogP contribution in [0.5, 0.6) is 0 Å². The summed E-state index contributed by atoms with van der Waals surface area (Å²) in [6.45, 7) is 14.8. The largest absolute Gasteiger partial charge is 0.513 e. The van der Waals surface area contributed by atoms with E-state index in [0.717, 1.165) is 12.8 Å². The van der Waals surface area contributed by atoms with Crippen LogP contribution in [0.25, 0.3) is 0 Å². The zero-order valence-electron chi connectivity index (χ0n) is 17.6. The van der Waals surface area contributed by atoms with Crippen molar-refractivity contribution in [1.82, 2.24) is 0 Å². The maximum absolute atomic E-state index is 9.28. The molecule has 0 unspecified atom stereocenters. The van der Waals surface area contributed by atoms with E-state index in [1.54, 1.807) is 13.0 Å². The molecule has 26 heavy (non-hydrogen) atoms. The second-order valence-corrected chi connectivity index (χ2v) is 7.53. The zero-order valence-corrected chi connectivity index (χ0v) is 17.6. The molecule has 1 aromatic carbocycles. The van der Waals surface area contributed by atoms with Crippen LogP contribution in [0, 0.1) is 5.92 Å². The van der Waals surface area contributed by atoms with Gasteiger partial charge in [-0.1, -0.05) is 99.9 Å². The predicted octanol–water partition coefficient (Wildman–Crippen LogP) is 7.68. The summed E-state index contributed by atoms with van der Waals surface area (Å²) >= 11 is 0. The molecule has 1 N–H and O–H groups in total. The Hall–Kier alpha value is -2.02. The SMILES string of the molecule is C/C(O)=C\C=C(/C)CC1=CC=C(C(C)(C)c2ccccc2)C[C@@H]1C.CC. The minimum absolute atomic E-state index is 0.0686. The molecule has 0 fully saturated rings. The standard InChI is InChI=1S/C23H30O.C2H6/c1-17(11-12-19(3)24)15-20-13-14-22(16-18(20)2)23(4,5)21-9-7-6-8-10-21;1-2/h6-14,18,24H,15-16H2,1-5H3;1-2H3/b17-11+,19-12+;/t18-;/m0./s1. The number of allylic oxidation sites excluding steroid dienone is 8. The molecule has 1 aromatic rings. The van der Waals surface area contributed by atoms with Gasteiger partial charge in [-0.2, -0.15) is 0 Å². The molecule has 1 aliphatic rings. The zero-order chi connectivity index (χ0) is 19.7. The average Bonchev–Trinajstić information content (AvgIpc) is 2.64. The lowest BCUT2D eigenvalue weighted by Gasteiger charge is -2.33. The van der Waals surface area contributed by atoms with E-state index in [0.29, 0.717) is 11.7 Å². The van der Waals surface area contributed by atoms with Crippen LogP contribution in [0.15, 0.2) is 77.1 Å². The first kappa shape index (κ1) is 22.0. The van der Waals surface area contributed by atoms with Gasteiger partial charge in [-0.3, -0.25) is 0 Å². The molecule has 0 saturated carbocycles. The first-order valence-corrected chi connectivity index (χ1v) is 9.79. The van der Waals surface area contributed by atoms with Gasteiger partial charge in [0.1, 0.15) is 0 Å². The maximum Gasteiger partial charge on any atom is 0.0891 e. The molecule has 1 nitrogen and oxygen atoms in total. The van der Waals surface area contributed by atoms with Crippen LogP contribution in [-0.2, 0) is 5.41 Å². The summed E-state index contributed by atoms with van der Waals surface area (Å²) in [5.74, 6) is 0.905. The Labute approximate surface area is 160 Å². The Kier molecular flexibility index (Phi) is 8.65. The van der Waals surface area contributed by atoms with Gasteiger partial charge in [0.2, 0.25) is 0 Å². The fourth-order valence-electron chi connectivity index (χ4n) is 3.28. The third-order valence-electron chi connectivity index (χ3n) is 5.05. The summed E-state index contributed by atoms with van der Waals surface area (Å²) in [6, 6.07) is 10.8. The fraction of sp³-hybridized carbons (Fsp3) is 0.440. The molecule has 1 heteroatoms. The predicted molar refractivity (Wildman–Crippen MR) is 116 cm³/mol. The van der Waals surface area contributed by atoms with E-state index >= 15 is 0 Å². The van der Waals surface area contributed by atoms with Crippen LogP contribution in [0.1, 0.15) is 66.9 Å². The van der Waals surface area contributed by atoms with Gasteiger partial charge in [-0.25, -0.2) is 0 Å². The van der Waals surface area contributed by atoms with E-state index in [4.69, 9.17) is 0 Å². The lowest BCUT2D eigenvalue weighted by Crippen LogP contribution is -2.23. The summed E-state index contributed by atoms with van der Waals surface area (Å²) in [4.78, 5) is 0. The van der Waals surface area contributed by atoms with Gasteiger partial charge in [0.05, 0.1) is 5.76 Å². The van der Waals surface area contributed by atoms with E-state index in [9.17, 15) is 5.11 Å². The second-order valence-electron chi connectivity index (χ2n) is 7.53. The Balaban J connectivity index is 0.00000163. The normalized spacial score (nSPS) is 18.5. The highest BCUT2D eigenvalue weighted by Crippen LogP contribution is 2.39. The van der Waals surface area contributed by atoms with Crippen LogP contribution in [-0.4, -0.2) is 5.11 Å². The first-order chi connectivity index (χ1) is 12.3. The summed E-state index contributed by atoms with van der Waals surface area (Å²) in [5.41, 5.74) is 5.69. The highest BCUT2D eigenvalue weighted by Gasteiger charge is 2.28. The summed E-state index contributed by atoms with van der Waals surface area (Å²) in [5, 5.41) is 9.28. The van der Waals surface area contributed by atoms with Gasteiger partial charge in [0.15, 0.2) is 0 Å². The van der Waals surface area contributed by atoms with E-state index in [-0.39, 0.29) is 5.41 Å². The topological polar surface area (TPSA) is 20.2 Å². The van der Waals surface area contributed by atoms with Crippen molar-refractivity contribution in [3.05, 3.63) is 82.7 Å². The molecule has 0 bridgehead atoms. The van der Waals surface area contributed by atoms with E-state index < -0.39 is 0 Å². The molecule has 1 atom stereocenters. The quantitative estimate of drug-likeness (QED) is 0.425. The molecule has 0 aromatic heterocycles. The first-order valence-electron chi connectivity index (χ1n) is 9.79. The van der Waals surface area contributed by atoms with E-state index in [1.165, 1.54) is 22.3 Å². The molecule has 0 heterocycles. The van der Waals surface area contributed by atoms with Crippen LogP contribution >= 0.6 is 0 Å². The molecule has 0 aliphatic heterocycles. The highest BCUT2D eigenvalue weighted by atomic mass is 16.3. The maximum atomic E-state index is 9.28. The monoisotopic (exact) mass is 352 g/mol. The molecule has 2 rings (SSSR count). The fourth-order valence-corrected chi connectivity index (χ4v) is 3.28. The van der Waals surface area contributed by atoms with Crippen molar-refractivity contribution in [2.24, 2.45) is 5.92 Å². The van der Waals surface area contributed by atoms with Crippen LogP contribution in [0.2, 0.25) is 0 Å². The van der Waals surface area contributed by atoms with Crippen molar-refractivity contribution in [2.45, 2.75) is 66.7 Å². The van der Waals surface area contributed by atoms with Crippen molar-refractivity contribution in [1.29, 1.82) is 0 Å².